The molecule has 2 N–H and O–H groups in total. The van der Waals surface area contributed by atoms with Crippen LogP contribution in [0.4, 0.5) is 4.79 Å². The number of hydrogen-bond acceptors (Lipinski definition) is 4. The van der Waals surface area contributed by atoms with Crippen LogP contribution in [0.5, 0.6) is 5.75 Å². The van der Waals surface area contributed by atoms with Crippen molar-refractivity contribution in [2.45, 2.75) is 38.0 Å². The van der Waals surface area contributed by atoms with Gasteiger partial charge in [-0.05, 0) is 87.0 Å². The van der Waals surface area contributed by atoms with E-state index in [2.05, 4.69) is 63.2 Å². The van der Waals surface area contributed by atoms with E-state index in [1.165, 1.54) is 24.0 Å². The SMILES string of the molecule is CNC(=O)NN=C1c2ccc(OC)cc2CCC1CCN1CCC(c2ccccc2)CC1. The summed E-state index contributed by atoms with van der Waals surface area (Å²) >= 11 is 0. The molecule has 4 rings (SSSR count). The van der Waals surface area contributed by atoms with Crippen LogP contribution in [-0.4, -0.2) is 50.4 Å². The fourth-order valence-electron chi connectivity index (χ4n) is 4.99. The van der Waals surface area contributed by atoms with E-state index in [0.717, 1.165) is 55.9 Å². The lowest BCUT2D eigenvalue weighted by Gasteiger charge is -2.34. The van der Waals surface area contributed by atoms with Crippen molar-refractivity contribution in [2.24, 2.45) is 11.0 Å². The topological polar surface area (TPSA) is 66.0 Å². The van der Waals surface area contributed by atoms with Gasteiger partial charge in [0.05, 0.1) is 12.8 Å². The summed E-state index contributed by atoms with van der Waals surface area (Å²) < 4.78 is 5.40. The Kier molecular flexibility index (Phi) is 7.43. The Morgan fingerprint density at radius 1 is 1.12 bits per heavy atom. The van der Waals surface area contributed by atoms with Crippen LogP contribution in [0.1, 0.15) is 48.3 Å². The van der Waals surface area contributed by atoms with Crippen LogP contribution < -0.4 is 15.5 Å². The predicted molar refractivity (Wildman–Crippen MR) is 128 cm³/mol. The maximum absolute atomic E-state index is 11.8. The molecule has 32 heavy (non-hydrogen) atoms. The summed E-state index contributed by atoms with van der Waals surface area (Å²) in [4.78, 5) is 14.4. The van der Waals surface area contributed by atoms with Gasteiger partial charge in [-0.3, -0.25) is 0 Å². The number of carbonyl (C=O) groups is 1. The van der Waals surface area contributed by atoms with Crippen LogP contribution in [0.2, 0.25) is 0 Å². The number of piperidine rings is 1. The van der Waals surface area contributed by atoms with Gasteiger partial charge in [-0.1, -0.05) is 30.3 Å². The molecule has 1 fully saturated rings. The highest BCUT2D eigenvalue weighted by Crippen LogP contribution is 2.32. The zero-order chi connectivity index (χ0) is 22.3. The zero-order valence-corrected chi connectivity index (χ0v) is 19.1. The molecule has 0 saturated carbocycles. The number of hydrogen-bond donors (Lipinski definition) is 2. The number of urea groups is 1. The van der Waals surface area contributed by atoms with Crippen molar-refractivity contribution >= 4 is 11.7 Å². The van der Waals surface area contributed by atoms with Crippen LogP contribution in [-0.2, 0) is 6.42 Å². The van der Waals surface area contributed by atoms with Crippen molar-refractivity contribution in [3.63, 3.8) is 0 Å². The molecule has 1 aliphatic carbocycles. The Morgan fingerprint density at radius 3 is 2.62 bits per heavy atom. The predicted octanol–water partition coefficient (Wildman–Crippen LogP) is 4.16. The number of amides is 2. The Bertz CT molecular complexity index is 936. The first-order valence-corrected chi connectivity index (χ1v) is 11.7. The summed E-state index contributed by atoms with van der Waals surface area (Å²) in [6, 6.07) is 16.8. The van der Waals surface area contributed by atoms with Gasteiger partial charge in [0.15, 0.2) is 0 Å². The van der Waals surface area contributed by atoms with Gasteiger partial charge in [-0.2, -0.15) is 5.10 Å². The molecular weight excluding hydrogens is 400 g/mol. The molecular formula is C26H34N4O2. The molecule has 1 atom stereocenters. The van der Waals surface area contributed by atoms with E-state index in [4.69, 9.17) is 4.74 Å². The summed E-state index contributed by atoms with van der Waals surface area (Å²) in [6.07, 6.45) is 5.53. The first-order chi connectivity index (χ1) is 15.7. The lowest BCUT2D eigenvalue weighted by molar-refractivity contribution is 0.203. The number of fused-ring (bicyclic) bond motifs is 1. The maximum atomic E-state index is 11.8. The Morgan fingerprint density at radius 2 is 1.91 bits per heavy atom. The van der Waals surface area contributed by atoms with E-state index in [1.54, 1.807) is 14.2 Å². The van der Waals surface area contributed by atoms with Crippen LogP contribution in [0.15, 0.2) is 53.6 Å². The van der Waals surface area contributed by atoms with Crippen molar-refractivity contribution in [2.75, 3.05) is 33.8 Å². The number of hydrazone groups is 1. The van der Waals surface area contributed by atoms with Crippen LogP contribution in [0, 0.1) is 5.92 Å². The summed E-state index contributed by atoms with van der Waals surface area (Å²) in [5, 5.41) is 7.12. The van der Waals surface area contributed by atoms with Gasteiger partial charge in [0, 0.05) is 18.5 Å². The Balaban J connectivity index is 1.40. The summed E-state index contributed by atoms with van der Waals surface area (Å²) in [7, 11) is 3.29. The molecule has 1 aliphatic heterocycles. The van der Waals surface area contributed by atoms with Gasteiger partial charge in [-0.25, -0.2) is 10.2 Å². The van der Waals surface area contributed by atoms with Crippen molar-refractivity contribution in [1.29, 1.82) is 0 Å². The summed E-state index contributed by atoms with van der Waals surface area (Å²) in [5.41, 5.74) is 7.48. The molecule has 1 unspecified atom stereocenters. The second kappa shape index (κ2) is 10.6. The van der Waals surface area contributed by atoms with E-state index in [0.29, 0.717) is 11.8 Å². The van der Waals surface area contributed by atoms with Gasteiger partial charge in [0.2, 0.25) is 0 Å². The first kappa shape index (κ1) is 22.3. The molecule has 6 nitrogen and oxygen atoms in total. The highest BCUT2D eigenvalue weighted by atomic mass is 16.5. The second-order valence-electron chi connectivity index (χ2n) is 8.76. The van der Waals surface area contributed by atoms with E-state index in [1.807, 2.05) is 6.07 Å². The molecule has 0 radical (unpaired) electrons. The zero-order valence-electron chi connectivity index (χ0n) is 19.1. The average molecular weight is 435 g/mol. The standard InChI is InChI=1S/C26H34N4O2/c1-27-26(31)29-28-25-21(8-9-22-18-23(32-2)10-11-24(22)25)14-17-30-15-12-20(13-16-30)19-6-4-3-5-7-19/h3-7,10-11,18,20-21H,8-9,12-17H2,1-2H3,(H2,27,29,31). The lowest BCUT2D eigenvalue weighted by atomic mass is 9.80. The minimum Gasteiger partial charge on any atom is -0.497 e. The monoisotopic (exact) mass is 434 g/mol. The minimum atomic E-state index is -0.292. The quantitative estimate of drug-likeness (QED) is 0.671. The minimum absolute atomic E-state index is 0.292. The number of nitrogens with one attached hydrogen (secondary N) is 2. The number of carbonyl (C=O) groups excluding carboxylic acids is 1. The van der Waals surface area contributed by atoms with Gasteiger partial charge >= 0.3 is 6.03 Å². The molecule has 0 spiro atoms. The average Bonchev–Trinajstić information content (AvgIpc) is 2.86. The number of ether oxygens (including phenoxy) is 1. The fourth-order valence-corrected chi connectivity index (χ4v) is 4.99. The van der Waals surface area contributed by atoms with E-state index in [9.17, 15) is 4.79 Å². The molecule has 2 aliphatic rings. The van der Waals surface area contributed by atoms with Gasteiger partial charge < -0.3 is 15.0 Å². The van der Waals surface area contributed by atoms with Crippen molar-refractivity contribution in [3.8, 4) is 5.75 Å². The molecule has 1 saturated heterocycles. The molecule has 2 amide bonds. The third-order valence-electron chi connectivity index (χ3n) is 6.89. The Hall–Kier alpha value is -2.86. The summed E-state index contributed by atoms with van der Waals surface area (Å²) in [6.45, 7) is 3.35. The molecule has 0 aromatic heterocycles. The molecule has 1 heterocycles. The number of aryl methyl sites for hydroxylation is 1. The number of rotatable bonds is 6. The third kappa shape index (κ3) is 5.30. The van der Waals surface area contributed by atoms with Crippen molar-refractivity contribution in [3.05, 3.63) is 65.2 Å². The first-order valence-electron chi connectivity index (χ1n) is 11.7. The molecule has 0 bridgehead atoms. The highest BCUT2D eigenvalue weighted by molar-refractivity contribution is 6.04. The van der Waals surface area contributed by atoms with E-state index < -0.39 is 0 Å². The fraction of sp³-hybridized carbons (Fsp3) is 0.462. The smallest absolute Gasteiger partial charge is 0.334 e. The normalized spacial score (nSPS) is 20.6. The number of methoxy groups -OCH3 is 1. The number of nitrogens with zero attached hydrogens (tertiary/aromatic N) is 2. The van der Waals surface area contributed by atoms with E-state index >= 15 is 0 Å². The second-order valence-corrected chi connectivity index (χ2v) is 8.76. The largest absolute Gasteiger partial charge is 0.497 e. The number of benzene rings is 2. The van der Waals surface area contributed by atoms with Crippen molar-refractivity contribution in [1.82, 2.24) is 15.6 Å². The Labute approximate surface area is 191 Å². The molecule has 6 heteroatoms. The highest BCUT2D eigenvalue weighted by Gasteiger charge is 2.28. The van der Waals surface area contributed by atoms with Crippen LogP contribution >= 0.6 is 0 Å². The molecule has 2 aromatic carbocycles. The molecule has 2 aromatic rings. The van der Waals surface area contributed by atoms with E-state index in [-0.39, 0.29) is 6.03 Å². The number of likely N-dealkylation sites (tertiary alicyclic amines) is 1. The van der Waals surface area contributed by atoms with Gasteiger partial charge in [0.1, 0.15) is 5.75 Å². The third-order valence-corrected chi connectivity index (χ3v) is 6.89. The van der Waals surface area contributed by atoms with Crippen LogP contribution in [0.25, 0.3) is 0 Å². The molecule has 170 valence electrons. The lowest BCUT2D eigenvalue weighted by Crippen LogP contribution is -2.37. The van der Waals surface area contributed by atoms with Gasteiger partial charge in [-0.15, -0.1) is 0 Å². The maximum Gasteiger partial charge on any atom is 0.334 e. The van der Waals surface area contributed by atoms with Crippen molar-refractivity contribution < 1.29 is 9.53 Å². The van der Waals surface area contributed by atoms with Crippen LogP contribution in [0.3, 0.4) is 0 Å². The van der Waals surface area contributed by atoms with Gasteiger partial charge in [0.25, 0.3) is 0 Å². The summed E-state index contributed by atoms with van der Waals surface area (Å²) in [5.74, 6) is 1.87.